The molecule has 0 aliphatic rings. The summed E-state index contributed by atoms with van der Waals surface area (Å²) in [5.74, 6) is -0.417. The fourth-order valence-electron chi connectivity index (χ4n) is 1.40. The van der Waals surface area contributed by atoms with Crippen LogP contribution in [0.15, 0.2) is 18.2 Å². The van der Waals surface area contributed by atoms with Crippen molar-refractivity contribution in [1.29, 1.82) is 0 Å². The first-order chi connectivity index (χ1) is 8.17. The highest BCUT2D eigenvalue weighted by molar-refractivity contribution is 5.78. The third-order valence-corrected chi connectivity index (χ3v) is 2.28. The molecule has 0 heterocycles. The fourth-order valence-corrected chi connectivity index (χ4v) is 1.40. The normalized spacial score (nSPS) is 10.1. The molecular weight excluding hydrogens is 223 g/mol. The Bertz CT molecular complexity index is 383. The Kier molecular flexibility index (Phi) is 5.42. The van der Waals surface area contributed by atoms with E-state index in [9.17, 15) is 9.18 Å². The Morgan fingerprint density at radius 3 is 2.88 bits per heavy atom. The number of amides is 1. The predicted octanol–water partition coefficient (Wildman–Crippen LogP) is 0.842. The summed E-state index contributed by atoms with van der Waals surface area (Å²) in [5.41, 5.74) is 5.92. The first-order valence-electron chi connectivity index (χ1n) is 5.46. The number of halogens is 1. The zero-order valence-corrected chi connectivity index (χ0v) is 9.83. The molecule has 1 amide bonds. The zero-order valence-electron chi connectivity index (χ0n) is 9.83. The van der Waals surface area contributed by atoms with E-state index in [2.05, 4.69) is 5.32 Å². The van der Waals surface area contributed by atoms with E-state index in [-0.39, 0.29) is 18.1 Å². The Hall–Kier alpha value is -1.62. The van der Waals surface area contributed by atoms with Crippen molar-refractivity contribution in [2.24, 2.45) is 5.73 Å². The molecule has 0 radical (unpaired) electrons. The van der Waals surface area contributed by atoms with Crippen LogP contribution in [0.1, 0.15) is 12.0 Å². The van der Waals surface area contributed by atoms with Crippen LogP contribution in [0.25, 0.3) is 0 Å². The van der Waals surface area contributed by atoms with Crippen molar-refractivity contribution >= 4 is 5.91 Å². The zero-order chi connectivity index (χ0) is 12.7. The summed E-state index contributed by atoms with van der Waals surface area (Å²) in [4.78, 5) is 11.4. The van der Waals surface area contributed by atoms with Crippen LogP contribution in [-0.2, 0) is 11.2 Å². The number of hydrogen-bond acceptors (Lipinski definition) is 3. The molecule has 0 fully saturated rings. The summed E-state index contributed by atoms with van der Waals surface area (Å²) in [6.07, 6.45) is 0.897. The summed E-state index contributed by atoms with van der Waals surface area (Å²) in [6, 6.07) is 4.49. The standard InChI is InChI=1S/C12H17FN2O2/c1-17-11-4-3-9(7-10(11)13)8-12(16)15-6-2-5-14/h3-4,7H,2,5-6,8,14H2,1H3,(H,15,16). The Balaban J connectivity index is 2.51. The van der Waals surface area contributed by atoms with Gasteiger partial charge in [0.2, 0.25) is 5.91 Å². The first kappa shape index (κ1) is 13.4. The number of ether oxygens (including phenoxy) is 1. The van der Waals surface area contributed by atoms with Crippen LogP contribution in [-0.4, -0.2) is 26.1 Å². The van der Waals surface area contributed by atoms with Crippen LogP contribution in [0.4, 0.5) is 4.39 Å². The lowest BCUT2D eigenvalue weighted by molar-refractivity contribution is -0.120. The molecule has 0 bridgehead atoms. The van der Waals surface area contributed by atoms with E-state index in [0.717, 1.165) is 6.42 Å². The fraction of sp³-hybridized carbons (Fsp3) is 0.417. The van der Waals surface area contributed by atoms with Crippen molar-refractivity contribution in [2.45, 2.75) is 12.8 Å². The first-order valence-corrected chi connectivity index (χ1v) is 5.46. The number of methoxy groups -OCH3 is 1. The third-order valence-electron chi connectivity index (χ3n) is 2.28. The van der Waals surface area contributed by atoms with Gasteiger partial charge < -0.3 is 15.8 Å². The largest absolute Gasteiger partial charge is 0.494 e. The topological polar surface area (TPSA) is 64.3 Å². The lowest BCUT2D eigenvalue weighted by Gasteiger charge is -2.06. The van der Waals surface area contributed by atoms with Crippen LogP contribution in [0.3, 0.4) is 0 Å². The van der Waals surface area contributed by atoms with Gasteiger partial charge in [-0.1, -0.05) is 6.07 Å². The average molecular weight is 240 g/mol. The second-order valence-electron chi connectivity index (χ2n) is 3.64. The quantitative estimate of drug-likeness (QED) is 0.724. The maximum atomic E-state index is 13.3. The van der Waals surface area contributed by atoms with Crippen molar-refractivity contribution in [3.63, 3.8) is 0 Å². The van der Waals surface area contributed by atoms with Gasteiger partial charge in [0.1, 0.15) is 0 Å². The van der Waals surface area contributed by atoms with Crippen molar-refractivity contribution in [3.8, 4) is 5.75 Å². The number of rotatable bonds is 6. The van der Waals surface area contributed by atoms with Gasteiger partial charge in [0.15, 0.2) is 11.6 Å². The summed E-state index contributed by atoms with van der Waals surface area (Å²) < 4.78 is 18.1. The summed E-state index contributed by atoms with van der Waals surface area (Å²) in [7, 11) is 1.40. The van der Waals surface area contributed by atoms with Crippen LogP contribution in [0.5, 0.6) is 5.75 Å². The Morgan fingerprint density at radius 2 is 2.29 bits per heavy atom. The molecule has 1 aromatic carbocycles. The second-order valence-corrected chi connectivity index (χ2v) is 3.64. The molecule has 0 saturated carbocycles. The minimum Gasteiger partial charge on any atom is -0.494 e. The Morgan fingerprint density at radius 1 is 1.53 bits per heavy atom. The van der Waals surface area contributed by atoms with E-state index < -0.39 is 5.82 Å². The Labute approximate surface area is 100.0 Å². The van der Waals surface area contributed by atoms with Gasteiger partial charge in [-0.25, -0.2) is 4.39 Å². The minimum atomic E-state index is -0.459. The molecule has 0 aliphatic carbocycles. The van der Waals surface area contributed by atoms with Crippen molar-refractivity contribution in [1.82, 2.24) is 5.32 Å². The second kappa shape index (κ2) is 6.85. The highest BCUT2D eigenvalue weighted by Gasteiger charge is 2.07. The van der Waals surface area contributed by atoms with E-state index in [0.29, 0.717) is 18.7 Å². The molecule has 0 unspecified atom stereocenters. The van der Waals surface area contributed by atoms with E-state index in [1.807, 2.05) is 0 Å². The molecule has 0 aromatic heterocycles. The summed E-state index contributed by atoms with van der Waals surface area (Å²) in [6.45, 7) is 1.09. The van der Waals surface area contributed by atoms with E-state index in [4.69, 9.17) is 10.5 Å². The van der Waals surface area contributed by atoms with Gasteiger partial charge in [-0.15, -0.1) is 0 Å². The van der Waals surface area contributed by atoms with Crippen LogP contribution in [0.2, 0.25) is 0 Å². The molecule has 0 spiro atoms. The molecule has 0 atom stereocenters. The lowest BCUT2D eigenvalue weighted by Crippen LogP contribution is -2.27. The monoisotopic (exact) mass is 240 g/mol. The number of hydrogen-bond donors (Lipinski definition) is 2. The van der Waals surface area contributed by atoms with Crippen LogP contribution in [0, 0.1) is 5.82 Å². The average Bonchev–Trinajstić information content (AvgIpc) is 2.29. The van der Waals surface area contributed by atoms with E-state index >= 15 is 0 Å². The smallest absolute Gasteiger partial charge is 0.224 e. The lowest BCUT2D eigenvalue weighted by atomic mass is 10.1. The van der Waals surface area contributed by atoms with E-state index in [1.165, 1.54) is 19.2 Å². The molecule has 17 heavy (non-hydrogen) atoms. The SMILES string of the molecule is COc1ccc(CC(=O)NCCCN)cc1F. The van der Waals surface area contributed by atoms with Gasteiger partial charge >= 0.3 is 0 Å². The number of carbonyl (C=O) groups excluding carboxylic acids is 1. The molecule has 5 heteroatoms. The molecule has 0 saturated heterocycles. The summed E-state index contributed by atoms with van der Waals surface area (Å²) in [5, 5.41) is 2.71. The van der Waals surface area contributed by atoms with Gasteiger partial charge in [-0.05, 0) is 30.7 Å². The number of nitrogens with two attached hydrogens (primary N) is 1. The molecule has 1 aromatic rings. The number of benzene rings is 1. The van der Waals surface area contributed by atoms with Crippen molar-refractivity contribution < 1.29 is 13.9 Å². The summed E-state index contributed by atoms with van der Waals surface area (Å²) >= 11 is 0. The van der Waals surface area contributed by atoms with Crippen LogP contribution >= 0.6 is 0 Å². The highest BCUT2D eigenvalue weighted by atomic mass is 19.1. The van der Waals surface area contributed by atoms with Crippen molar-refractivity contribution in [3.05, 3.63) is 29.6 Å². The van der Waals surface area contributed by atoms with Gasteiger partial charge in [-0.2, -0.15) is 0 Å². The molecule has 1 rings (SSSR count). The predicted molar refractivity (Wildman–Crippen MR) is 63.3 cm³/mol. The van der Waals surface area contributed by atoms with Gasteiger partial charge in [0.05, 0.1) is 13.5 Å². The third kappa shape index (κ3) is 4.40. The molecular formula is C12H17FN2O2. The van der Waals surface area contributed by atoms with Crippen LogP contribution < -0.4 is 15.8 Å². The van der Waals surface area contributed by atoms with E-state index in [1.54, 1.807) is 6.07 Å². The molecule has 3 N–H and O–H groups in total. The molecule has 94 valence electrons. The number of nitrogens with one attached hydrogen (secondary N) is 1. The maximum Gasteiger partial charge on any atom is 0.224 e. The number of carbonyl (C=O) groups is 1. The van der Waals surface area contributed by atoms with Gasteiger partial charge in [-0.3, -0.25) is 4.79 Å². The van der Waals surface area contributed by atoms with Gasteiger partial charge in [0, 0.05) is 6.54 Å². The molecule has 0 aliphatic heterocycles. The van der Waals surface area contributed by atoms with Gasteiger partial charge in [0.25, 0.3) is 0 Å². The minimum absolute atomic E-state index is 0.136. The molecule has 4 nitrogen and oxygen atoms in total. The highest BCUT2D eigenvalue weighted by Crippen LogP contribution is 2.17. The maximum absolute atomic E-state index is 13.3. The van der Waals surface area contributed by atoms with Crippen molar-refractivity contribution in [2.75, 3.05) is 20.2 Å².